The molecule has 1 aliphatic rings. The van der Waals surface area contributed by atoms with Crippen LogP contribution < -0.4 is 0 Å². The summed E-state index contributed by atoms with van der Waals surface area (Å²) < 4.78 is 5.27. The van der Waals surface area contributed by atoms with Crippen LogP contribution in [0, 0.1) is 0 Å². The lowest BCUT2D eigenvalue weighted by atomic mass is 10.1. The molecule has 94 valence electrons. The third-order valence-corrected chi connectivity index (χ3v) is 3.60. The Morgan fingerprint density at radius 2 is 2.39 bits per heavy atom. The lowest BCUT2D eigenvalue weighted by molar-refractivity contribution is 0.223. The molecule has 0 unspecified atom stereocenters. The first-order valence-corrected chi connectivity index (χ1v) is 7.06. The zero-order valence-corrected chi connectivity index (χ0v) is 11.0. The van der Waals surface area contributed by atoms with Gasteiger partial charge in [-0.1, -0.05) is 11.8 Å². The van der Waals surface area contributed by atoms with E-state index in [0.717, 1.165) is 37.0 Å². The van der Waals surface area contributed by atoms with Gasteiger partial charge in [0.2, 0.25) is 0 Å². The molecule has 1 aliphatic heterocycles. The summed E-state index contributed by atoms with van der Waals surface area (Å²) in [6.07, 6.45) is 8.16. The van der Waals surface area contributed by atoms with Crippen LogP contribution in [0.2, 0.25) is 0 Å². The van der Waals surface area contributed by atoms with Gasteiger partial charge in [-0.3, -0.25) is 4.90 Å². The number of hydrogen-bond donors (Lipinski definition) is 0. The molecule has 6 heteroatoms. The number of oxazole rings is 1. The van der Waals surface area contributed by atoms with Gasteiger partial charge in [0, 0.05) is 31.3 Å². The molecule has 0 atom stereocenters. The van der Waals surface area contributed by atoms with Crippen molar-refractivity contribution in [2.75, 3.05) is 12.8 Å². The van der Waals surface area contributed by atoms with Crippen molar-refractivity contribution in [3.8, 4) is 0 Å². The zero-order chi connectivity index (χ0) is 12.4. The predicted molar refractivity (Wildman–Crippen MR) is 68.1 cm³/mol. The van der Waals surface area contributed by atoms with E-state index in [1.54, 1.807) is 18.0 Å². The fourth-order valence-electron chi connectivity index (χ4n) is 2.13. The minimum Gasteiger partial charge on any atom is -0.447 e. The Kier molecular flexibility index (Phi) is 3.29. The highest BCUT2D eigenvalue weighted by Crippen LogP contribution is 2.20. The van der Waals surface area contributed by atoms with Crippen molar-refractivity contribution < 1.29 is 4.42 Å². The molecule has 3 heterocycles. The molecule has 0 spiro atoms. The van der Waals surface area contributed by atoms with Crippen molar-refractivity contribution >= 4 is 11.8 Å². The number of hydrogen-bond acceptors (Lipinski definition) is 6. The van der Waals surface area contributed by atoms with Crippen LogP contribution in [-0.4, -0.2) is 32.7 Å². The van der Waals surface area contributed by atoms with E-state index in [-0.39, 0.29) is 0 Å². The Labute approximate surface area is 110 Å². The Morgan fingerprint density at radius 1 is 1.44 bits per heavy atom. The third kappa shape index (κ3) is 2.39. The number of rotatable bonds is 3. The Morgan fingerprint density at radius 3 is 3.17 bits per heavy atom. The summed E-state index contributed by atoms with van der Waals surface area (Å²) in [5.74, 6) is 0.903. The van der Waals surface area contributed by atoms with Crippen LogP contribution in [0.4, 0.5) is 0 Å². The number of aromatic nitrogens is 3. The van der Waals surface area contributed by atoms with Gasteiger partial charge in [0.05, 0.1) is 18.4 Å². The van der Waals surface area contributed by atoms with Gasteiger partial charge in [-0.2, -0.15) is 0 Å². The molecule has 5 nitrogen and oxygen atoms in total. The summed E-state index contributed by atoms with van der Waals surface area (Å²) in [6.45, 7) is 2.67. The molecular formula is C12H14N4OS. The van der Waals surface area contributed by atoms with Crippen molar-refractivity contribution in [1.29, 1.82) is 0 Å². The Hall–Kier alpha value is -1.40. The van der Waals surface area contributed by atoms with Crippen molar-refractivity contribution in [2.24, 2.45) is 0 Å². The average Bonchev–Trinajstić information content (AvgIpc) is 2.91. The summed E-state index contributed by atoms with van der Waals surface area (Å²) in [5, 5.41) is 0.859. The van der Waals surface area contributed by atoms with Crippen molar-refractivity contribution in [2.45, 2.75) is 24.7 Å². The van der Waals surface area contributed by atoms with Crippen LogP contribution in [0.25, 0.3) is 0 Å². The van der Waals surface area contributed by atoms with Crippen LogP contribution in [0.1, 0.15) is 17.0 Å². The molecule has 18 heavy (non-hydrogen) atoms. The maximum Gasteiger partial charge on any atom is 0.187 e. The summed E-state index contributed by atoms with van der Waals surface area (Å²) in [6, 6.07) is 0. The van der Waals surface area contributed by atoms with Crippen molar-refractivity contribution in [3.05, 3.63) is 35.8 Å². The van der Waals surface area contributed by atoms with Gasteiger partial charge >= 0.3 is 0 Å². The summed E-state index contributed by atoms with van der Waals surface area (Å²) in [5.41, 5.74) is 2.40. The van der Waals surface area contributed by atoms with E-state index in [0.29, 0.717) is 0 Å². The molecule has 0 radical (unpaired) electrons. The van der Waals surface area contributed by atoms with E-state index in [9.17, 15) is 0 Å². The van der Waals surface area contributed by atoms with Crippen LogP contribution in [0.15, 0.2) is 28.4 Å². The maximum atomic E-state index is 5.27. The molecule has 0 aromatic carbocycles. The molecule has 0 aliphatic carbocycles. The van der Waals surface area contributed by atoms with Gasteiger partial charge in [0.1, 0.15) is 5.76 Å². The highest BCUT2D eigenvalue weighted by molar-refractivity contribution is 7.98. The second-order valence-electron chi connectivity index (χ2n) is 4.26. The van der Waals surface area contributed by atoms with Gasteiger partial charge in [-0.05, 0) is 6.26 Å². The fraction of sp³-hybridized carbons (Fsp3) is 0.417. The van der Waals surface area contributed by atoms with E-state index >= 15 is 0 Å². The molecule has 2 aromatic rings. The van der Waals surface area contributed by atoms with Gasteiger partial charge < -0.3 is 4.42 Å². The largest absolute Gasteiger partial charge is 0.447 e. The van der Waals surface area contributed by atoms with Gasteiger partial charge in [0.25, 0.3) is 0 Å². The first-order chi connectivity index (χ1) is 8.85. The lowest BCUT2D eigenvalue weighted by Gasteiger charge is -2.26. The van der Waals surface area contributed by atoms with E-state index in [2.05, 4.69) is 19.9 Å². The monoisotopic (exact) mass is 262 g/mol. The van der Waals surface area contributed by atoms with E-state index < -0.39 is 0 Å². The zero-order valence-electron chi connectivity index (χ0n) is 10.2. The SMILES string of the molecule is CSc1ncc2c(n1)CCN(Cc1cnco1)C2. The molecule has 0 N–H and O–H groups in total. The van der Waals surface area contributed by atoms with Gasteiger partial charge in [-0.25, -0.2) is 15.0 Å². The van der Waals surface area contributed by atoms with Crippen LogP contribution >= 0.6 is 11.8 Å². The van der Waals surface area contributed by atoms with E-state index in [4.69, 9.17) is 4.42 Å². The second kappa shape index (κ2) is 5.07. The molecule has 0 saturated carbocycles. The lowest BCUT2D eigenvalue weighted by Crippen LogP contribution is -2.30. The summed E-state index contributed by atoms with van der Waals surface area (Å²) in [4.78, 5) is 15.1. The van der Waals surface area contributed by atoms with Crippen LogP contribution in [0.3, 0.4) is 0 Å². The normalized spacial score (nSPS) is 15.6. The molecule has 0 saturated heterocycles. The smallest absolute Gasteiger partial charge is 0.187 e. The highest BCUT2D eigenvalue weighted by Gasteiger charge is 2.19. The first-order valence-electron chi connectivity index (χ1n) is 5.83. The van der Waals surface area contributed by atoms with Crippen LogP contribution in [0.5, 0.6) is 0 Å². The molecule has 2 aromatic heterocycles. The van der Waals surface area contributed by atoms with E-state index in [1.807, 2.05) is 12.5 Å². The maximum absolute atomic E-state index is 5.27. The fourth-order valence-corrected chi connectivity index (χ4v) is 2.49. The number of fused-ring (bicyclic) bond motifs is 1. The Bertz CT molecular complexity index is 529. The standard InChI is InChI=1S/C12H14N4OS/c1-18-12-14-4-9-6-16(3-2-11(9)15-12)7-10-5-13-8-17-10/h4-5,8H,2-3,6-7H2,1H3. The number of nitrogens with zero attached hydrogens (tertiary/aromatic N) is 4. The molecule has 0 fully saturated rings. The molecule has 0 bridgehead atoms. The van der Waals surface area contributed by atoms with Crippen molar-refractivity contribution in [3.63, 3.8) is 0 Å². The Balaban J connectivity index is 1.73. The van der Waals surface area contributed by atoms with E-state index in [1.165, 1.54) is 17.7 Å². The third-order valence-electron chi connectivity index (χ3n) is 3.04. The quantitative estimate of drug-likeness (QED) is 0.620. The predicted octanol–water partition coefficient (Wildman–Crippen LogP) is 1.74. The second-order valence-corrected chi connectivity index (χ2v) is 5.03. The summed E-state index contributed by atoms with van der Waals surface area (Å²) >= 11 is 1.59. The number of thioether (sulfide) groups is 1. The molecule has 3 rings (SSSR count). The minimum absolute atomic E-state index is 0.795. The molecule has 0 amide bonds. The summed E-state index contributed by atoms with van der Waals surface area (Å²) in [7, 11) is 0. The van der Waals surface area contributed by atoms with Crippen LogP contribution in [-0.2, 0) is 19.5 Å². The topological polar surface area (TPSA) is 55.1 Å². The molecular weight excluding hydrogens is 248 g/mol. The van der Waals surface area contributed by atoms with Gasteiger partial charge in [-0.15, -0.1) is 0 Å². The minimum atomic E-state index is 0.795. The first kappa shape index (κ1) is 11.7. The average molecular weight is 262 g/mol. The van der Waals surface area contributed by atoms with Crippen molar-refractivity contribution in [1.82, 2.24) is 19.9 Å². The highest BCUT2D eigenvalue weighted by atomic mass is 32.2. The van der Waals surface area contributed by atoms with Gasteiger partial charge in [0.15, 0.2) is 11.6 Å².